The van der Waals surface area contributed by atoms with Crippen molar-refractivity contribution in [2.75, 3.05) is 0 Å². The van der Waals surface area contributed by atoms with E-state index in [1.165, 1.54) is 0 Å². The van der Waals surface area contributed by atoms with Gasteiger partial charge < -0.3 is 15.2 Å². The second kappa shape index (κ2) is 4.55. The van der Waals surface area contributed by atoms with Crippen LogP contribution < -0.4 is 5.32 Å². The number of hydrogen-bond donors (Lipinski definition) is 2. The summed E-state index contributed by atoms with van der Waals surface area (Å²) in [5.74, 6) is -0.776. The van der Waals surface area contributed by atoms with Gasteiger partial charge in [0.1, 0.15) is 5.60 Å². The van der Waals surface area contributed by atoms with Gasteiger partial charge in [0, 0.05) is 6.04 Å². The third-order valence-electron chi connectivity index (χ3n) is 3.13. The fourth-order valence-electron chi connectivity index (χ4n) is 2.07. The number of carboxylic acid groups (broad SMARTS) is 1. The smallest absolute Gasteiger partial charge is 0.407 e. The molecule has 0 aliphatic heterocycles. The van der Waals surface area contributed by atoms with E-state index in [0.717, 1.165) is 0 Å². The topological polar surface area (TPSA) is 75.6 Å². The minimum absolute atomic E-state index is 0.0825. The largest absolute Gasteiger partial charge is 0.481 e. The van der Waals surface area contributed by atoms with Gasteiger partial charge in [-0.3, -0.25) is 4.79 Å². The van der Waals surface area contributed by atoms with Gasteiger partial charge in [-0.15, -0.1) is 0 Å². The summed E-state index contributed by atoms with van der Waals surface area (Å²) in [5, 5.41) is 11.8. The van der Waals surface area contributed by atoms with Crippen LogP contribution in [0.4, 0.5) is 4.79 Å². The summed E-state index contributed by atoms with van der Waals surface area (Å²) < 4.78 is 5.11. The first-order valence-electron chi connectivity index (χ1n) is 5.91. The highest BCUT2D eigenvalue weighted by Crippen LogP contribution is 2.44. The Kier molecular flexibility index (Phi) is 3.69. The van der Waals surface area contributed by atoms with Crippen molar-refractivity contribution in [2.24, 2.45) is 5.41 Å². The van der Waals surface area contributed by atoms with E-state index in [1.54, 1.807) is 20.8 Å². The highest BCUT2D eigenvalue weighted by molar-refractivity contribution is 5.77. The zero-order chi connectivity index (χ0) is 13.3. The van der Waals surface area contributed by atoms with Crippen molar-refractivity contribution in [2.45, 2.75) is 58.6 Å². The molecule has 1 fully saturated rings. The Morgan fingerprint density at radius 3 is 2.29 bits per heavy atom. The maximum absolute atomic E-state index is 11.5. The van der Waals surface area contributed by atoms with Gasteiger partial charge in [-0.05, 0) is 40.0 Å². The molecule has 1 saturated carbocycles. The van der Waals surface area contributed by atoms with E-state index < -0.39 is 23.1 Å². The summed E-state index contributed by atoms with van der Waals surface area (Å²) in [6.07, 6.45) is 1.09. The second-order valence-corrected chi connectivity index (χ2v) is 5.69. The normalized spacial score (nSPS) is 28.1. The molecule has 0 aromatic carbocycles. The van der Waals surface area contributed by atoms with Crippen molar-refractivity contribution in [3.8, 4) is 0 Å². The minimum atomic E-state index is -0.776. The predicted octanol–water partition coefficient (Wildman–Crippen LogP) is 2.15. The van der Waals surface area contributed by atoms with Crippen LogP contribution in [-0.4, -0.2) is 28.8 Å². The average Bonchev–Trinajstić information content (AvgIpc) is 2.06. The van der Waals surface area contributed by atoms with E-state index >= 15 is 0 Å². The van der Waals surface area contributed by atoms with Gasteiger partial charge in [0.15, 0.2) is 0 Å². The lowest BCUT2D eigenvalue weighted by Gasteiger charge is -2.44. The van der Waals surface area contributed by atoms with E-state index in [0.29, 0.717) is 19.3 Å². The summed E-state index contributed by atoms with van der Waals surface area (Å²) in [4.78, 5) is 22.5. The second-order valence-electron chi connectivity index (χ2n) is 5.69. The summed E-state index contributed by atoms with van der Waals surface area (Å²) in [7, 11) is 0. The summed E-state index contributed by atoms with van der Waals surface area (Å²) in [6, 6.07) is -0.0825. The lowest BCUT2D eigenvalue weighted by molar-refractivity contribution is -0.156. The van der Waals surface area contributed by atoms with Crippen LogP contribution in [0.5, 0.6) is 0 Å². The first kappa shape index (κ1) is 13.8. The van der Waals surface area contributed by atoms with Gasteiger partial charge in [0.05, 0.1) is 5.41 Å². The molecule has 0 bridgehead atoms. The minimum Gasteiger partial charge on any atom is -0.481 e. The highest BCUT2D eigenvalue weighted by Gasteiger charge is 2.49. The fourth-order valence-corrected chi connectivity index (χ4v) is 2.07. The van der Waals surface area contributed by atoms with Crippen molar-refractivity contribution in [1.82, 2.24) is 5.32 Å². The highest BCUT2D eigenvalue weighted by atomic mass is 16.6. The molecule has 0 saturated heterocycles. The number of carbonyl (C=O) groups excluding carboxylic acids is 1. The number of nitrogens with one attached hydrogen (secondary N) is 1. The molecule has 0 heterocycles. The number of aliphatic carboxylic acids is 1. The molecule has 5 heteroatoms. The van der Waals surface area contributed by atoms with Crippen LogP contribution in [-0.2, 0) is 9.53 Å². The van der Waals surface area contributed by atoms with Gasteiger partial charge in [-0.1, -0.05) is 6.92 Å². The standard InChI is InChI=1S/C12H21NO4/c1-5-12(9(14)15)6-8(7-12)13-10(16)17-11(2,3)4/h8H,5-7H2,1-4H3,(H,13,16)(H,14,15). The molecular weight excluding hydrogens is 222 g/mol. The number of hydrogen-bond acceptors (Lipinski definition) is 3. The Hall–Kier alpha value is -1.26. The Balaban J connectivity index is 2.39. The monoisotopic (exact) mass is 243 g/mol. The predicted molar refractivity (Wildman–Crippen MR) is 62.8 cm³/mol. The number of carboxylic acids is 1. The number of rotatable bonds is 3. The van der Waals surface area contributed by atoms with Gasteiger partial charge in [0.25, 0.3) is 0 Å². The molecule has 98 valence electrons. The van der Waals surface area contributed by atoms with E-state index in [4.69, 9.17) is 9.84 Å². The molecular formula is C12H21NO4. The van der Waals surface area contributed by atoms with Crippen LogP contribution in [0.25, 0.3) is 0 Å². The fraction of sp³-hybridized carbons (Fsp3) is 0.833. The first-order valence-corrected chi connectivity index (χ1v) is 5.91. The quantitative estimate of drug-likeness (QED) is 0.796. The number of alkyl carbamates (subject to hydrolysis) is 1. The van der Waals surface area contributed by atoms with E-state index in [1.807, 2.05) is 6.92 Å². The summed E-state index contributed by atoms with van der Waals surface area (Å²) >= 11 is 0. The zero-order valence-electron chi connectivity index (χ0n) is 10.9. The molecule has 1 aliphatic rings. The van der Waals surface area contributed by atoms with Crippen molar-refractivity contribution in [3.63, 3.8) is 0 Å². The number of carbonyl (C=O) groups is 2. The summed E-state index contributed by atoms with van der Waals surface area (Å²) in [6.45, 7) is 7.24. The Bertz CT molecular complexity index is 313. The maximum Gasteiger partial charge on any atom is 0.407 e. The van der Waals surface area contributed by atoms with Crippen LogP contribution >= 0.6 is 0 Å². The molecule has 0 aromatic heterocycles. The average molecular weight is 243 g/mol. The van der Waals surface area contributed by atoms with Crippen LogP contribution in [0, 0.1) is 5.41 Å². The van der Waals surface area contributed by atoms with E-state index in [2.05, 4.69) is 5.32 Å². The molecule has 1 rings (SSSR count). The first-order chi connectivity index (χ1) is 7.68. The van der Waals surface area contributed by atoms with Crippen LogP contribution in [0.2, 0.25) is 0 Å². The van der Waals surface area contributed by atoms with Gasteiger partial charge >= 0.3 is 12.1 Å². The molecule has 17 heavy (non-hydrogen) atoms. The molecule has 0 atom stereocenters. The molecule has 5 nitrogen and oxygen atoms in total. The van der Waals surface area contributed by atoms with Gasteiger partial charge in [0.2, 0.25) is 0 Å². The summed E-state index contributed by atoms with van der Waals surface area (Å²) in [5.41, 5.74) is -1.18. The van der Waals surface area contributed by atoms with Crippen LogP contribution in [0.3, 0.4) is 0 Å². The SMILES string of the molecule is CCC1(C(=O)O)CC(NC(=O)OC(C)(C)C)C1. The van der Waals surface area contributed by atoms with Crippen molar-refractivity contribution in [3.05, 3.63) is 0 Å². The van der Waals surface area contributed by atoms with Crippen molar-refractivity contribution < 1.29 is 19.4 Å². The third-order valence-corrected chi connectivity index (χ3v) is 3.13. The molecule has 1 aliphatic carbocycles. The lowest BCUT2D eigenvalue weighted by Crippen LogP contribution is -2.54. The molecule has 1 amide bonds. The maximum atomic E-state index is 11.5. The molecule has 2 N–H and O–H groups in total. The van der Waals surface area contributed by atoms with Crippen molar-refractivity contribution >= 4 is 12.1 Å². The third kappa shape index (κ3) is 3.35. The van der Waals surface area contributed by atoms with E-state index in [-0.39, 0.29) is 6.04 Å². The molecule has 0 aromatic rings. The Morgan fingerprint density at radius 1 is 1.41 bits per heavy atom. The van der Waals surface area contributed by atoms with Gasteiger partial charge in [-0.2, -0.15) is 0 Å². The molecule has 0 spiro atoms. The number of amides is 1. The molecule has 0 radical (unpaired) electrons. The van der Waals surface area contributed by atoms with Crippen molar-refractivity contribution in [1.29, 1.82) is 0 Å². The molecule has 0 unspecified atom stereocenters. The number of ether oxygens (including phenoxy) is 1. The van der Waals surface area contributed by atoms with Crippen LogP contribution in [0.15, 0.2) is 0 Å². The zero-order valence-corrected chi connectivity index (χ0v) is 10.9. The Morgan fingerprint density at radius 2 is 1.94 bits per heavy atom. The lowest BCUT2D eigenvalue weighted by atomic mass is 9.64. The van der Waals surface area contributed by atoms with Crippen LogP contribution in [0.1, 0.15) is 47.0 Å². The van der Waals surface area contributed by atoms with Gasteiger partial charge in [-0.25, -0.2) is 4.79 Å². The Labute approximate surface area is 102 Å². The van der Waals surface area contributed by atoms with E-state index in [9.17, 15) is 9.59 Å².